The number of rotatable bonds is 4. The molecule has 0 radical (unpaired) electrons. The van der Waals surface area contributed by atoms with E-state index in [-0.39, 0.29) is 17.8 Å². The van der Waals surface area contributed by atoms with Gasteiger partial charge in [-0.25, -0.2) is 0 Å². The molecule has 1 aromatic heterocycles. The van der Waals surface area contributed by atoms with E-state index in [0.717, 1.165) is 17.9 Å². The van der Waals surface area contributed by atoms with Gasteiger partial charge in [-0.3, -0.25) is 9.78 Å². The lowest BCUT2D eigenvalue weighted by Crippen LogP contribution is -2.07. The van der Waals surface area contributed by atoms with Crippen LogP contribution in [0.1, 0.15) is 25.0 Å². The zero-order chi connectivity index (χ0) is 11.5. The van der Waals surface area contributed by atoms with Crippen LogP contribution in [0.3, 0.4) is 0 Å². The Morgan fingerprint density at radius 3 is 2.94 bits per heavy atom. The average Bonchev–Trinajstić information content (AvgIpc) is 3.09. The first-order valence-electron chi connectivity index (χ1n) is 5.42. The van der Waals surface area contributed by atoms with Gasteiger partial charge in [-0.15, -0.1) is 0 Å². The molecule has 1 heterocycles. The summed E-state index contributed by atoms with van der Waals surface area (Å²) < 4.78 is 10.00. The summed E-state index contributed by atoms with van der Waals surface area (Å²) in [5.41, 5.74) is 0.943. The molecule has 1 aliphatic carbocycles. The fraction of sp³-hybridized carbons (Fsp3) is 0.500. The Bertz CT molecular complexity index is 374. The zero-order valence-corrected chi connectivity index (χ0v) is 9.47. The van der Waals surface area contributed by atoms with Crippen LogP contribution >= 0.6 is 0 Å². The van der Waals surface area contributed by atoms with Gasteiger partial charge in [0.05, 0.1) is 25.8 Å². The van der Waals surface area contributed by atoms with Crippen LogP contribution in [0.5, 0.6) is 5.75 Å². The van der Waals surface area contributed by atoms with Gasteiger partial charge >= 0.3 is 5.97 Å². The SMILES string of the molecule is CCOC(=O)[C@H]1C[C@@H]1c1ccc(OC)cn1. The number of esters is 1. The van der Waals surface area contributed by atoms with Crippen molar-refractivity contribution >= 4 is 5.97 Å². The summed E-state index contributed by atoms with van der Waals surface area (Å²) in [7, 11) is 1.61. The highest BCUT2D eigenvalue weighted by atomic mass is 16.5. The van der Waals surface area contributed by atoms with Crippen molar-refractivity contribution in [2.75, 3.05) is 13.7 Å². The minimum Gasteiger partial charge on any atom is -0.495 e. The molecule has 0 amide bonds. The van der Waals surface area contributed by atoms with Crippen molar-refractivity contribution in [3.8, 4) is 5.75 Å². The number of methoxy groups -OCH3 is 1. The third kappa shape index (κ3) is 2.15. The van der Waals surface area contributed by atoms with Crippen molar-refractivity contribution in [1.29, 1.82) is 0 Å². The number of carbonyl (C=O) groups excluding carboxylic acids is 1. The topological polar surface area (TPSA) is 48.4 Å². The normalized spacial score (nSPS) is 22.6. The van der Waals surface area contributed by atoms with Gasteiger partial charge in [0.15, 0.2) is 0 Å². The lowest BCUT2D eigenvalue weighted by molar-refractivity contribution is -0.144. The molecule has 4 heteroatoms. The molecule has 1 fully saturated rings. The number of aromatic nitrogens is 1. The second kappa shape index (κ2) is 4.51. The molecule has 0 bridgehead atoms. The summed E-state index contributed by atoms with van der Waals surface area (Å²) in [4.78, 5) is 15.7. The Balaban J connectivity index is 1.97. The maximum absolute atomic E-state index is 11.4. The molecule has 0 saturated heterocycles. The molecule has 16 heavy (non-hydrogen) atoms. The van der Waals surface area contributed by atoms with E-state index < -0.39 is 0 Å². The molecule has 86 valence electrons. The van der Waals surface area contributed by atoms with Gasteiger partial charge in [-0.1, -0.05) is 0 Å². The van der Waals surface area contributed by atoms with E-state index in [1.165, 1.54) is 0 Å². The Hall–Kier alpha value is -1.58. The summed E-state index contributed by atoms with van der Waals surface area (Å²) >= 11 is 0. The summed E-state index contributed by atoms with van der Waals surface area (Å²) in [6, 6.07) is 3.77. The molecule has 1 aromatic rings. The molecular formula is C12H15NO3. The summed E-state index contributed by atoms with van der Waals surface area (Å²) in [5, 5.41) is 0. The van der Waals surface area contributed by atoms with Crippen molar-refractivity contribution in [1.82, 2.24) is 4.98 Å². The number of pyridine rings is 1. The predicted octanol–water partition coefficient (Wildman–Crippen LogP) is 1.76. The number of carbonyl (C=O) groups is 1. The summed E-state index contributed by atoms with van der Waals surface area (Å²) in [6.45, 7) is 2.26. The second-order valence-corrected chi connectivity index (χ2v) is 3.82. The van der Waals surface area contributed by atoms with Gasteiger partial charge in [0.25, 0.3) is 0 Å². The maximum Gasteiger partial charge on any atom is 0.309 e. The molecule has 1 aliphatic rings. The highest BCUT2D eigenvalue weighted by Gasteiger charge is 2.46. The fourth-order valence-corrected chi connectivity index (χ4v) is 1.76. The molecule has 0 spiro atoms. The van der Waals surface area contributed by atoms with Gasteiger partial charge in [0, 0.05) is 11.6 Å². The first-order chi connectivity index (χ1) is 7.76. The Morgan fingerprint density at radius 1 is 1.56 bits per heavy atom. The van der Waals surface area contributed by atoms with E-state index >= 15 is 0 Å². The molecule has 0 unspecified atom stereocenters. The lowest BCUT2D eigenvalue weighted by atomic mass is 10.2. The van der Waals surface area contributed by atoms with Crippen molar-refractivity contribution in [2.24, 2.45) is 5.92 Å². The Morgan fingerprint density at radius 2 is 2.38 bits per heavy atom. The van der Waals surface area contributed by atoms with Crippen LogP contribution in [0.25, 0.3) is 0 Å². The van der Waals surface area contributed by atoms with Crippen molar-refractivity contribution in [3.05, 3.63) is 24.0 Å². The molecule has 0 aromatic carbocycles. The van der Waals surface area contributed by atoms with Crippen LogP contribution in [0.15, 0.2) is 18.3 Å². The monoisotopic (exact) mass is 221 g/mol. The number of nitrogens with zero attached hydrogens (tertiary/aromatic N) is 1. The van der Waals surface area contributed by atoms with Crippen molar-refractivity contribution in [3.63, 3.8) is 0 Å². The van der Waals surface area contributed by atoms with Crippen LogP contribution in [0, 0.1) is 5.92 Å². The molecule has 2 rings (SSSR count). The van der Waals surface area contributed by atoms with Gasteiger partial charge < -0.3 is 9.47 Å². The minimum atomic E-state index is -0.106. The molecule has 0 aliphatic heterocycles. The molecule has 2 atom stereocenters. The molecule has 0 N–H and O–H groups in total. The second-order valence-electron chi connectivity index (χ2n) is 3.82. The van der Waals surface area contributed by atoms with Gasteiger partial charge in [-0.2, -0.15) is 0 Å². The predicted molar refractivity (Wildman–Crippen MR) is 58.3 cm³/mol. The van der Waals surface area contributed by atoms with E-state index in [9.17, 15) is 4.79 Å². The molecular weight excluding hydrogens is 206 g/mol. The minimum absolute atomic E-state index is 0.000782. The highest BCUT2D eigenvalue weighted by Crippen LogP contribution is 2.47. The first kappa shape index (κ1) is 10.9. The van der Waals surface area contributed by atoms with Gasteiger partial charge in [0.1, 0.15) is 5.75 Å². The van der Waals surface area contributed by atoms with Crippen molar-refractivity contribution in [2.45, 2.75) is 19.3 Å². The van der Waals surface area contributed by atoms with Gasteiger partial charge in [0.2, 0.25) is 0 Å². The van der Waals surface area contributed by atoms with E-state index in [0.29, 0.717) is 6.61 Å². The molecule has 4 nitrogen and oxygen atoms in total. The molecule has 1 saturated carbocycles. The maximum atomic E-state index is 11.4. The first-order valence-corrected chi connectivity index (χ1v) is 5.42. The number of hydrogen-bond donors (Lipinski definition) is 0. The van der Waals surface area contributed by atoms with Crippen molar-refractivity contribution < 1.29 is 14.3 Å². The average molecular weight is 221 g/mol. The summed E-state index contributed by atoms with van der Waals surface area (Å²) in [5.74, 6) is 0.855. The van der Waals surface area contributed by atoms with Crippen LogP contribution < -0.4 is 4.74 Å². The Labute approximate surface area is 94.6 Å². The Kier molecular flexibility index (Phi) is 3.08. The lowest BCUT2D eigenvalue weighted by Gasteiger charge is -2.02. The van der Waals surface area contributed by atoms with E-state index in [2.05, 4.69) is 4.98 Å². The summed E-state index contributed by atoms with van der Waals surface area (Å²) in [6.07, 6.45) is 2.52. The fourth-order valence-electron chi connectivity index (χ4n) is 1.76. The third-order valence-corrected chi connectivity index (χ3v) is 2.75. The quantitative estimate of drug-likeness (QED) is 0.727. The highest BCUT2D eigenvalue weighted by molar-refractivity contribution is 5.77. The standard InChI is InChI=1S/C12H15NO3/c1-3-16-12(14)10-6-9(10)11-5-4-8(15-2)7-13-11/h4-5,7,9-10H,3,6H2,1-2H3/t9-,10-/m0/s1. The van der Waals surface area contributed by atoms with Crippen LogP contribution in [0.4, 0.5) is 0 Å². The largest absolute Gasteiger partial charge is 0.495 e. The van der Waals surface area contributed by atoms with Crippen LogP contribution in [-0.4, -0.2) is 24.7 Å². The third-order valence-electron chi connectivity index (χ3n) is 2.75. The van der Waals surface area contributed by atoms with Crippen LogP contribution in [0.2, 0.25) is 0 Å². The van der Waals surface area contributed by atoms with Gasteiger partial charge in [-0.05, 0) is 25.5 Å². The smallest absolute Gasteiger partial charge is 0.309 e. The van der Waals surface area contributed by atoms with E-state index in [1.54, 1.807) is 13.3 Å². The van der Waals surface area contributed by atoms with Crippen LogP contribution in [-0.2, 0) is 9.53 Å². The number of hydrogen-bond acceptors (Lipinski definition) is 4. The van der Waals surface area contributed by atoms with E-state index in [4.69, 9.17) is 9.47 Å². The van der Waals surface area contributed by atoms with E-state index in [1.807, 2.05) is 19.1 Å². The zero-order valence-electron chi connectivity index (χ0n) is 9.47. The number of ether oxygens (including phenoxy) is 2.